The minimum atomic E-state index is -0.193. The van der Waals surface area contributed by atoms with Crippen molar-refractivity contribution < 1.29 is 4.79 Å². The lowest BCUT2D eigenvalue weighted by Gasteiger charge is -2.07. The molecule has 1 rings (SSSR count). The monoisotopic (exact) mass is 248 g/mol. The number of rotatable bonds is 7. The topological polar surface area (TPSA) is 51.1 Å². The van der Waals surface area contributed by atoms with E-state index in [1.807, 2.05) is 0 Å². The number of unbranched alkanes of at least 4 members (excludes halogenated alkanes) is 2. The summed E-state index contributed by atoms with van der Waals surface area (Å²) in [6.45, 7) is 6.12. The van der Waals surface area contributed by atoms with E-state index in [-0.39, 0.29) is 11.5 Å². The largest absolute Gasteiger partial charge is 0.321 e. The Morgan fingerprint density at radius 2 is 2.28 bits per heavy atom. The molecule has 1 aromatic heterocycles. The molecule has 98 valence electrons. The Bertz CT molecular complexity index is 463. The summed E-state index contributed by atoms with van der Waals surface area (Å²) >= 11 is 0. The minimum absolute atomic E-state index is 0.100. The Morgan fingerprint density at radius 3 is 2.94 bits per heavy atom. The first-order valence-electron chi connectivity index (χ1n) is 6.29. The van der Waals surface area contributed by atoms with Crippen molar-refractivity contribution in [2.24, 2.45) is 0 Å². The Labute approximate surface area is 107 Å². The Balaban J connectivity index is 2.67. The van der Waals surface area contributed by atoms with Crippen LogP contribution in [0.3, 0.4) is 0 Å². The molecule has 0 aliphatic rings. The van der Waals surface area contributed by atoms with E-state index in [9.17, 15) is 9.59 Å². The van der Waals surface area contributed by atoms with Crippen molar-refractivity contribution in [1.82, 2.24) is 4.57 Å². The quantitative estimate of drug-likeness (QED) is 0.595. The van der Waals surface area contributed by atoms with Gasteiger partial charge in [0.25, 0.3) is 5.56 Å². The molecule has 1 N–H and O–H groups in total. The third kappa shape index (κ3) is 4.20. The number of hydrogen-bond acceptors (Lipinski definition) is 2. The number of allylic oxidation sites excluding steroid dienone is 1. The molecule has 0 bridgehead atoms. The van der Waals surface area contributed by atoms with Gasteiger partial charge in [-0.05, 0) is 18.6 Å². The fourth-order valence-corrected chi connectivity index (χ4v) is 1.66. The third-order valence-corrected chi connectivity index (χ3v) is 2.63. The van der Waals surface area contributed by atoms with Crippen LogP contribution >= 0.6 is 0 Å². The predicted octanol–water partition coefficient (Wildman–Crippen LogP) is 2.55. The van der Waals surface area contributed by atoms with Gasteiger partial charge in [0.1, 0.15) is 5.69 Å². The molecule has 1 amide bonds. The molecule has 18 heavy (non-hydrogen) atoms. The summed E-state index contributed by atoms with van der Waals surface area (Å²) in [6, 6.07) is 3.37. The van der Waals surface area contributed by atoms with E-state index in [2.05, 4.69) is 18.8 Å². The number of anilines is 1. The molecular formula is C14H20N2O2. The fourth-order valence-electron chi connectivity index (χ4n) is 1.66. The molecule has 0 saturated heterocycles. The maximum absolute atomic E-state index is 11.9. The van der Waals surface area contributed by atoms with E-state index >= 15 is 0 Å². The summed E-state index contributed by atoms with van der Waals surface area (Å²) in [5.41, 5.74) is 0.141. The zero-order chi connectivity index (χ0) is 13.4. The van der Waals surface area contributed by atoms with Crippen LogP contribution in [-0.4, -0.2) is 10.5 Å². The zero-order valence-corrected chi connectivity index (χ0v) is 10.8. The average molecular weight is 248 g/mol. The number of hydrogen-bond donors (Lipinski definition) is 1. The molecule has 0 aliphatic carbocycles. The lowest BCUT2D eigenvalue weighted by molar-refractivity contribution is -0.116. The second-order valence-corrected chi connectivity index (χ2v) is 4.17. The lowest BCUT2D eigenvalue weighted by atomic mass is 10.2. The average Bonchev–Trinajstić information content (AvgIpc) is 2.35. The van der Waals surface area contributed by atoms with Crippen molar-refractivity contribution in [3.05, 3.63) is 41.3 Å². The summed E-state index contributed by atoms with van der Waals surface area (Å²) < 4.78 is 1.51. The number of carbonyl (C=O) groups is 1. The van der Waals surface area contributed by atoms with Crippen molar-refractivity contribution in [2.45, 2.75) is 39.2 Å². The number of aromatic nitrogens is 1. The van der Waals surface area contributed by atoms with Crippen LogP contribution in [0.25, 0.3) is 0 Å². The maximum atomic E-state index is 11.9. The van der Waals surface area contributed by atoms with Crippen LogP contribution in [0.15, 0.2) is 35.8 Å². The highest BCUT2D eigenvalue weighted by molar-refractivity contribution is 5.90. The third-order valence-electron chi connectivity index (χ3n) is 2.63. The first kappa shape index (κ1) is 14.2. The molecule has 0 saturated carbocycles. The molecule has 4 nitrogen and oxygen atoms in total. The summed E-state index contributed by atoms with van der Waals surface area (Å²) in [6.07, 6.45) is 6.75. The number of amides is 1. The van der Waals surface area contributed by atoms with E-state index in [4.69, 9.17) is 0 Å². The van der Waals surface area contributed by atoms with Gasteiger partial charge in [0.2, 0.25) is 5.91 Å². The van der Waals surface area contributed by atoms with Gasteiger partial charge in [0.05, 0.1) is 0 Å². The van der Waals surface area contributed by atoms with Gasteiger partial charge in [-0.15, -0.1) is 6.58 Å². The van der Waals surface area contributed by atoms with Gasteiger partial charge < -0.3 is 9.88 Å². The molecular weight excluding hydrogens is 228 g/mol. The van der Waals surface area contributed by atoms with E-state index in [1.54, 1.807) is 24.4 Å². The first-order valence-corrected chi connectivity index (χ1v) is 6.29. The van der Waals surface area contributed by atoms with Gasteiger partial charge in [0.15, 0.2) is 0 Å². The van der Waals surface area contributed by atoms with Crippen LogP contribution in [0.1, 0.15) is 32.6 Å². The van der Waals surface area contributed by atoms with Gasteiger partial charge in [0, 0.05) is 19.2 Å². The number of carbonyl (C=O) groups excluding carboxylic acids is 1. The first-order chi connectivity index (χ1) is 8.69. The highest BCUT2D eigenvalue weighted by Gasteiger charge is 2.06. The SMILES string of the molecule is C=CCn1cccc(NC(=O)CCCCC)c1=O. The van der Waals surface area contributed by atoms with Crippen LogP contribution in [0.2, 0.25) is 0 Å². The Hall–Kier alpha value is -1.84. The van der Waals surface area contributed by atoms with Gasteiger partial charge >= 0.3 is 0 Å². The summed E-state index contributed by atoms with van der Waals surface area (Å²) in [5, 5.41) is 2.66. The number of pyridine rings is 1. The molecule has 0 fully saturated rings. The second-order valence-electron chi connectivity index (χ2n) is 4.17. The van der Waals surface area contributed by atoms with Crippen LogP contribution in [0.4, 0.5) is 5.69 Å². The van der Waals surface area contributed by atoms with Gasteiger partial charge in [-0.2, -0.15) is 0 Å². The van der Waals surface area contributed by atoms with Crippen molar-refractivity contribution in [2.75, 3.05) is 5.32 Å². The van der Waals surface area contributed by atoms with Crippen LogP contribution < -0.4 is 10.9 Å². The maximum Gasteiger partial charge on any atom is 0.274 e. The van der Waals surface area contributed by atoms with E-state index in [1.165, 1.54) is 4.57 Å². The van der Waals surface area contributed by atoms with Crippen LogP contribution in [-0.2, 0) is 11.3 Å². The summed E-state index contributed by atoms with van der Waals surface area (Å²) in [7, 11) is 0. The van der Waals surface area contributed by atoms with Crippen LogP contribution in [0.5, 0.6) is 0 Å². The molecule has 1 aromatic rings. The molecule has 0 spiro atoms. The smallest absolute Gasteiger partial charge is 0.274 e. The highest BCUT2D eigenvalue weighted by atomic mass is 16.2. The standard InChI is InChI=1S/C14H20N2O2/c1-3-5-6-9-13(17)15-12-8-7-11-16(10-4-2)14(12)18/h4,7-8,11H,2-3,5-6,9-10H2,1H3,(H,15,17). The van der Waals surface area contributed by atoms with Crippen LogP contribution in [0, 0.1) is 0 Å². The van der Waals surface area contributed by atoms with Crippen molar-refractivity contribution in [1.29, 1.82) is 0 Å². The van der Waals surface area contributed by atoms with Crippen molar-refractivity contribution in [3.8, 4) is 0 Å². The van der Waals surface area contributed by atoms with Crippen molar-refractivity contribution in [3.63, 3.8) is 0 Å². The zero-order valence-electron chi connectivity index (χ0n) is 10.8. The Kier molecular flexibility index (Phi) is 5.91. The second kappa shape index (κ2) is 7.48. The number of nitrogens with zero attached hydrogens (tertiary/aromatic N) is 1. The van der Waals surface area contributed by atoms with Gasteiger partial charge in [-0.3, -0.25) is 9.59 Å². The molecule has 0 aromatic carbocycles. The predicted molar refractivity (Wildman–Crippen MR) is 73.7 cm³/mol. The van der Waals surface area contributed by atoms with E-state index in [0.717, 1.165) is 19.3 Å². The summed E-state index contributed by atoms with van der Waals surface area (Å²) in [4.78, 5) is 23.6. The summed E-state index contributed by atoms with van der Waals surface area (Å²) in [5.74, 6) is -0.100. The van der Waals surface area contributed by atoms with E-state index < -0.39 is 0 Å². The number of nitrogens with one attached hydrogen (secondary N) is 1. The Morgan fingerprint density at radius 1 is 1.50 bits per heavy atom. The lowest BCUT2D eigenvalue weighted by Crippen LogP contribution is -2.24. The van der Waals surface area contributed by atoms with Gasteiger partial charge in [-0.1, -0.05) is 25.8 Å². The molecule has 0 radical (unpaired) electrons. The molecule has 4 heteroatoms. The molecule has 0 unspecified atom stereocenters. The molecule has 0 aliphatic heterocycles. The fraction of sp³-hybridized carbons (Fsp3) is 0.429. The van der Waals surface area contributed by atoms with Gasteiger partial charge in [-0.25, -0.2) is 0 Å². The minimum Gasteiger partial charge on any atom is -0.321 e. The highest BCUT2D eigenvalue weighted by Crippen LogP contribution is 2.03. The molecule has 0 atom stereocenters. The molecule has 1 heterocycles. The van der Waals surface area contributed by atoms with E-state index in [0.29, 0.717) is 18.7 Å². The normalized spacial score (nSPS) is 10.1. The van der Waals surface area contributed by atoms with Crippen molar-refractivity contribution >= 4 is 11.6 Å².